The second kappa shape index (κ2) is 7.59. The minimum absolute atomic E-state index is 0.0198. The van der Waals surface area contributed by atoms with E-state index in [9.17, 15) is 4.79 Å². The molecule has 0 N–H and O–H groups in total. The summed E-state index contributed by atoms with van der Waals surface area (Å²) in [5.41, 5.74) is 2.04. The summed E-state index contributed by atoms with van der Waals surface area (Å²) in [6.45, 7) is 2.34. The predicted molar refractivity (Wildman–Crippen MR) is 98.4 cm³/mol. The molecule has 0 atom stereocenters. The summed E-state index contributed by atoms with van der Waals surface area (Å²) in [6.07, 6.45) is 0. The normalized spacial score (nSPS) is 14.2. The molecular weight excluding hydrogens is 346 g/mol. The highest BCUT2D eigenvalue weighted by atomic mass is 16.5. The molecule has 7 heteroatoms. The number of hydrogen-bond acceptors (Lipinski definition) is 6. The smallest absolute Gasteiger partial charge is 0.262 e. The molecule has 1 aromatic heterocycles. The standard InChI is InChI=1S/C20H19N3O4/c1-25-17-8-3-2-7-16(17)19-21-18(22-27-19)14-5-4-6-15(13-14)20(24)23-9-11-26-12-10-23/h2-8,13H,9-12H2,1H3. The van der Waals surface area contributed by atoms with Crippen molar-refractivity contribution in [1.82, 2.24) is 15.0 Å². The van der Waals surface area contributed by atoms with Crippen LogP contribution in [0.25, 0.3) is 22.8 Å². The summed E-state index contributed by atoms with van der Waals surface area (Å²) in [6, 6.07) is 14.7. The molecule has 2 heterocycles. The molecule has 3 aromatic rings. The van der Waals surface area contributed by atoms with E-state index in [4.69, 9.17) is 14.0 Å². The first-order valence-electron chi connectivity index (χ1n) is 8.71. The molecule has 0 spiro atoms. The van der Waals surface area contributed by atoms with Gasteiger partial charge in [0.1, 0.15) is 5.75 Å². The molecular formula is C20H19N3O4. The van der Waals surface area contributed by atoms with E-state index in [2.05, 4.69) is 10.1 Å². The van der Waals surface area contributed by atoms with Crippen molar-refractivity contribution in [3.05, 3.63) is 54.1 Å². The number of benzene rings is 2. The van der Waals surface area contributed by atoms with Gasteiger partial charge in [-0.05, 0) is 24.3 Å². The molecule has 7 nitrogen and oxygen atoms in total. The second-order valence-corrected chi connectivity index (χ2v) is 6.11. The highest BCUT2D eigenvalue weighted by molar-refractivity contribution is 5.95. The maximum atomic E-state index is 12.7. The Morgan fingerprint density at radius 1 is 1.11 bits per heavy atom. The fourth-order valence-corrected chi connectivity index (χ4v) is 3.01. The Morgan fingerprint density at radius 3 is 2.74 bits per heavy atom. The van der Waals surface area contributed by atoms with Crippen LogP contribution in [-0.2, 0) is 4.74 Å². The number of ether oxygens (including phenoxy) is 2. The lowest BCUT2D eigenvalue weighted by atomic mass is 10.1. The van der Waals surface area contributed by atoms with Gasteiger partial charge in [-0.15, -0.1) is 0 Å². The molecule has 1 saturated heterocycles. The Balaban J connectivity index is 1.61. The topological polar surface area (TPSA) is 77.7 Å². The molecule has 2 aromatic carbocycles. The van der Waals surface area contributed by atoms with Crippen molar-refractivity contribution < 1.29 is 18.8 Å². The van der Waals surface area contributed by atoms with Crippen LogP contribution in [0.3, 0.4) is 0 Å². The average Bonchev–Trinajstić information content (AvgIpc) is 3.24. The first-order chi connectivity index (χ1) is 13.3. The lowest BCUT2D eigenvalue weighted by Gasteiger charge is -2.26. The summed E-state index contributed by atoms with van der Waals surface area (Å²) in [5, 5.41) is 4.06. The number of morpholine rings is 1. The van der Waals surface area contributed by atoms with Crippen molar-refractivity contribution in [2.24, 2.45) is 0 Å². The van der Waals surface area contributed by atoms with Gasteiger partial charge in [-0.1, -0.05) is 29.4 Å². The fraction of sp³-hybridized carbons (Fsp3) is 0.250. The molecule has 1 aliphatic heterocycles. The zero-order valence-corrected chi connectivity index (χ0v) is 14.9. The van der Waals surface area contributed by atoms with Crippen LogP contribution in [0.4, 0.5) is 0 Å². The van der Waals surface area contributed by atoms with Crippen LogP contribution < -0.4 is 4.74 Å². The lowest BCUT2D eigenvalue weighted by Crippen LogP contribution is -2.40. The number of para-hydroxylation sites is 1. The van der Waals surface area contributed by atoms with E-state index < -0.39 is 0 Å². The summed E-state index contributed by atoms with van der Waals surface area (Å²) in [5.74, 6) is 1.43. The van der Waals surface area contributed by atoms with E-state index in [0.717, 1.165) is 11.1 Å². The maximum absolute atomic E-state index is 12.7. The van der Waals surface area contributed by atoms with Crippen molar-refractivity contribution >= 4 is 5.91 Å². The number of nitrogens with zero attached hydrogens (tertiary/aromatic N) is 3. The van der Waals surface area contributed by atoms with Crippen molar-refractivity contribution in [3.8, 4) is 28.6 Å². The van der Waals surface area contributed by atoms with Gasteiger partial charge in [0.25, 0.3) is 11.8 Å². The monoisotopic (exact) mass is 365 g/mol. The van der Waals surface area contributed by atoms with Gasteiger partial charge >= 0.3 is 0 Å². The summed E-state index contributed by atoms with van der Waals surface area (Å²) < 4.78 is 16.1. The van der Waals surface area contributed by atoms with E-state index in [1.807, 2.05) is 36.4 Å². The van der Waals surface area contributed by atoms with Crippen molar-refractivity contribution in [1.29, 1.82) is 0 Å². The molecule has 1 amide bonds. The van der Waals surface area contributed by atoms with Gasteiger partial charge in [-0.25, -0.2) is 0 Å². The Kier molecular flexibility index (Phi) is 4.84. The third kappa shape index (κ3) is 3.54. The van der Waals surface area contributed by atoms with Gasteiger partial charge in [0.05, 0.1) is 25.9 Å². The predicted octanol–water partition coefficient (Wildman–Crippen LogP) is 2.88. The van der Waals surface area contributed by atoms with Crippen molar-refractivity contribution in [3.63, 3.8) is 0 Å². The van der Waals surface area contributed by atoms with E-state index in [1.54, 1.807) is 24.1 Å². The van der Waals surface area contributed by atoms with Gasteiger partial charge in [0.15, 0.2) is 0 Å². The maximum Gasteiger partial charge on any atom is 0.262 e. The molecule has 1 aliphatic rings. The third-order valence-electron chi connectivity index (χ3n) is 4.43. The minimum Gasteiger partial charge on any atom is -0.496 e. The summed E-state index contributed by atoms with van der Waals surface area (Å²) in [7, 11) is 1.59. The molecule has 4 rings (SSSR count). The van der Waals surface area contributed by atoms with Crippen LogP contribution in [-0.4, -0.2) is 54.4 Å². The van der Waals surface area contributed by atoms with Crippen LogP contribution >= 0.6 is 0 Å². The summed E-state index contributed by atoms with van der Waals surface area (Å²) in [4.78, 5) is 18.9. The Morgan fingerprint density at radius 2 is 1.93 bits per heavy atom. The van der Waals surface area contributed by atoms with Gasteiger partial charge in [-0.3, -0.25) is 4.79 Å². The molecule has 0 unspecified atom stereocenters. The first kappa shape index (κ1) is 17.2. The molecule has 0 saturated carbocycles. The van der Waals surface area contributed by atoms with Gasteiger partial charge < -0.3 is 18.9 Å². The zero-order chi connectivity index (χ0) is 18.6. The largest absolute Gasteiger partial charge is 0.496 e. The van der Waals surface area contributed by atoms with Crippen molar-refractivity contribution in [2.45, 2.75) is 0 Å². The van der Waals surface area contributed by atoms with Crippen molar-refractivity contribution in [2.75, 3.05) is 33.4 Å². The summed E-state index contributed by atoms with van der Waals surface area (Å²) >= 11 is 0. The SMILES string of the molecule is COc1ccccc1-c1nc(-c2cccc(C(=O)N3CCOCC3)c2)no1. The fourth-order valence-electron chi connectivity index (χ4n) is 3.01. The molecule has 1 fully saturated rings. The minimum atomic E-state index is -0.0198. The van der Waals surface area contributed by atoms with Crippen LogP contribution in [0, 0.1) is 0 Å². The van der Waals surface area contributed by atoms with Gasteiger partial charge in [0, 0.05) is 24.2 Å². The number of aromatic nitrogens is 2. The van der Waals surface area contributed by atoms with E-state index >= 15 is 0 Å². The van der Waals surface area contributed by atoms with E-state index in [-0.39, 0.29) is 5.91 Å². The van der Waals surface area contributed by atoms with Gasteiger partial charge in [0.2, 0.25) is 5.82 Å². The Bertz CT molecular complexity index is 948. The number of rotatable bonds is 4. The van der Waals surface area contributed by atoms with Gasteiger partial charge in [-0.2, -0.15) is 4.98 Å². The second-order valence-electron chi connectivity index (χ2n) is 6.11. The van der Waals surface area contributed by atoms with E-state index in [0.29, 0.717) is 49.3 Å². The van der Waals surface area contributed by atoms with Crippen LogP contribution in [0.2, 0.25) is 0 Å². The van der Waals surface area contributed by atoms with Crippen LogP contribution in [0.5, 0.6) is 5.75 Å². The van der Waals surface area contributed by atoms with Crippen LogP contribution in [0.1, 0.15) is 10.4 Å². The number of hydrogen-bond donors (Lipinski definition) is 0. The quantitative estimate of drug-likeness (QED) is 0.707. The zero-order valence-electron chi connectivity index (χ0n) is 14.9. The Labute approximate surface area is 156 Å². The lowest BCUT2D eigenvalue weighted by molar-refractivity contribution is 0.0303. The van der Waals surface area contributed by atoms with Crippen LogP contribution in [0.15, 0.2) is 53.1 Å². The average molecular weight is 365 g/mol. The number of carbonyl (C=O) groups is 1. The highest BCUT2D eigenvalue weighted by Gasteiger charge is 2.20. The van der Waals surface area contributed by atoms with E-state index in [1.165, 1.54) is 0 Å². The molecule has 0 radical (unpaired) electrons. The number of carbonyl (C=O) groups excluding carboxylic acids is 1. The molecule has 0 aliphatic carbocycles. The molecule has 27 heavy (non-hydrogen) atoms. The first-order valence-corrected chi connectivity index (χ1v) is 8.71. The number of methoxy groups -OCH3 is 1. The molecule has 0 bridgehead atoms. The third-order valence-corrected chi connectivity index (χ3v) is 4.43. The molecule has 138 valence electrons. The highest BCUT2D eigenvalue weighted by Crippen LogP contribution is 2.30. The number of amides is 1. The Hall–Kier alpha value is -3.19.